The predicted octanol–water partition coefficient (Wildman–Crippen LogP) is 4.02. The number of rotatable bonds is 6. The summed E-state index contributed by atoms with van der Waals surface area (Å²) in [5, 5.41) is 9.55. The van der Waals surface area contributed by atoms with Gasteiger partial charge < -0.3 is 10.7 Å². The second-order valence-electron chi connectivity index (χ2n) is 6.27. The SMILES string of the molecule is Cc1ccccc1CN(C)C(=O)CSc1nnc(-c2ccc(Cl)cc2Cl)n1N. The minimum absolute atomic E-state index is 0.0256. The molecule has 2 aromatic carbocycles. The molecule has 3 rings (SSSR count). The van der Waals surface area contributed by atoms with Crippen molar-refractivity contribution in [3.63, 3.8) is 0 Å². The molecule has 2 N–H and O–H groups in total. The van der Waals surface area contributed by atoms with Crippen LogP contribution in [0.3, 0.4) is 0 Å². The molecule has 0 aliphatic heterocycles. The summed E-state index contributed by atoms with van der Waals surface area (Å²) in [5.41, 5.74) is 2.89. The van der Waals surface area contributed by atoms with E-state index in [1.807, 2.05) is 31.2 Å². The van der Waals surface area contributed by atoms with E-state index >= 15 is 0 Å². The number of nitrogens with zero attached hydrogens (tertiary/aromatic N) is 4. The fraction of sp³-hybridized carbons (Fsp3) is 0.211. The van der Waals surface area contributed by atoms with E-state index in [4.69, 9.17) is 29.0 Å². The van der Waals surface area contributed by atoms with Crippen LogP contribution in [0.25, 0.3) is 11.4 Å². The van der Waals surface area contributed by atoms with Crippen LogP contribution in [-0.4, -0.2) is 38.5 Å². The molecule has 0 aliphatic rings. The summed E-state index contributed by atoms with van der Waals surface area (Å²) in [6, 6.07) is 13.0. The third-order valence-electron chi connectivity index (χ3n) is 4.26. The van der Waals surface area contributed by atoms with Gasteiger partial charge in [-0.2, -0.15) is 0 Å². The Morgan fingerprint density at radius 3 is 2.68 bits per heavy atom. The number of thioether (sulfide) groups is 1. The summed E-state index contributed by atoms with van der Waals surface area (Å²) in [4.78, 5) is 14.2. The van der Waals surface area contributed by atoms with Crippen molar-refractivity contribution in [3.8, 4) is 11.4 Å². The van der Waals surface area contributed by atoms with Crippen molar-refractivity contribution < 1.29 is 4.79 Å². The Morgan fingerprint density at radius 2 is 1.96 bits per heavy atom. The third kappa shape index (κ3) is 4.60. The first kappa shape index (κ1) is 20.5. The molecule has 6 nitrogen and oxygen atoms in total. The van der Waals surface area contributed by atoms with Crippen LogP contribution in [0.4, 0.5) is 0 Å². The summed E-state index contributed by atoms with van der Waals surface area (Å²) in [6.45, 7) is 2.58. The van der Waals surface area contributed by atoms with Gasteiger partial charge in [-0.25, -0.2) is 4.68 Å². The molecule has 0 fully saturated rings. The standard InChI is InChI=1S/C19H19Cl2N5OS/c1-12-5-3-4-6-13(12)10-25(2)17(27)11-28-19-24-23-18(26(19)22)15-8-7-14(20)9-16(15)21/h3-9H,10-11,22H2,1-2H3. The highest BCUT2D eigenvalue weighted by Gasteiger charge is 2.17. The fourth-order valence-corrected chi connectivity index (χ4v) is 3.89. The Labute approximate surface area is 177 Å². The van der Waals surface area contributed by atoms with Crippen LogP contribution in [0.5, 0.6) is 0 Å². The van der Waals surface area contributed by atoms with Gasteiger partial charge in [-0.05, 0) is 36.2 Å². The molecule has 3 aromatic rings. The van der Waals surface area contributed by atoms with Crippen molar-refractivity contribution in [1.82, 2.24) is 19.8 Å². The topological polar surface area (TPSA) is 77.0 Å². The Morgan fingerprint density at radius 1 is 1.21 bits per heavy atom. The molecule has 0 bridgehead atoms. The van der Waals surface area contributed by atoms with Gasteiger partial charge in [0, 0.05) is 24.2 Å². The summed E-state index contributed by atoms with van der Waals surface area (Å²) in [5.74, 6) is 6.68. The van der Waals surface area contributed by atoms with Gasteiger partial charge >= 0.3 is 0 Å². The predicted molar refractivity (Wildman–Crippen MR) is 114 cm³/mol. The maximum atomic E-state index is 12.5. The monoisotopic (exact) mass is 435 g/mol. The minimum Gasteiger partial charge on any atom is -0.341 e. The molecule has 0 atom stereocenters. The largest absolute Gasteiger partial charge is 0.341 e. The van der Waals surface area contributed by atoms with Crippen molar-refractivity contribution in [1.29, 1.82) is 0 Å². The molecule has 0 radical (unpaired) electrons. The molecular weight excluding hydrogens is 417 g/mol. The molecule has 28 heavy (non-hydrogen) atoms. The molecule has 0 spiro atoms. The zero-order valence-electron chi connectivity index (χ0n) is 15.4. The molecule has 0 saturated heterocycles. The minimum atomic E-state index is -0.0256. The van der Waals surface area contributed by atoms with Crippen molar-refractivity contribution in [2.75, 3.05) is 18.6 Å². The van der Waals surface area contributed by atoms with E-state index in [1.165, 1.54) is 16.4 Å². The van der Waals surface area contributed by atoms with Crippen LogP contribution in [0.2, 0.25) is 10.0 Å². The van der Waals surface area contributed by atoms with Crippen LogP contribution in [0, 0.1) is 6.92 Å². The first-order valence-corrected chi connectivity index (χ1v) is 10.2. The van der Waals surface area contributed by atoms with Gasteiger partial charge in [-0.1, -0.05) is 59.2 Å². The molecule has 146 valence electrons. The summed E-state index contributed by atoms with van der Waals surface area (Å²) < 4.78 is 1.33. The summed E-state index contributed by atoms with van der Waals surface area (Å²) in [6.07, 6.45) is 0. The fourth-order valence-electron chi connectivity index (χ4n) is 2.60. The van der Waals surface area contributed by atoms with Gasteiger partial charge in [0.1, 0.15) is 0 Å². The van der Waals surface area contributed by atoms with Gasteiger partial charge in [0.05, 0.1) is 10.8 Å². The van der Waals surface area contributed by atoms with E-state index in [1.54, 1.807) is 30.1 Å². The number of carbonyl (C=O) groups is 1. The van der Waals surface area contributed by atoms with Gasteiger partial charge in [0.2, 0.25) is 11.1 Å². The number of nitrogens with two attached hydrogens (primary N) is 1. The molecule has 0 unspecified atom stereocenters. The molecule has 0 saturated carbocycles. The Balaban J connectivity index is 1.65. The summed E-state index contributed by atoms with van der Waals surface area (Å²) in [7, 11) is 1.78. The number of aryl methyl sites for hydroxylation is 1. The van der Waals surface area contributed by atoms with E-state index < -0.39 is 0 Å². The average Bonchev–Trinajstić information content (AvgIpc) is 3.02. The average molecular weight is 436 g/mol. The highest BCUT2D eigenvalue weighted by molar-refractivity contribution is 7.99. The number of benzene rings is 2. The van der Waals surface area contributed by atoms with Gasteiger partial charge in [0.25, 0.3) is 0 Å². The molecule has 9 heteroatoms. The Bertz CT molecular complexity index is 1010. The first-order valence-electron chi connectivity index (χ1n) is 8.44. The highest BCUT2D eigenvalue weighted by Crippen LogP contribution is 2.30. The third-order valence-corrected chi connectivity index (χ3v) is 5.73. The van der Waals surface area contributed by atoms with Gasteiger partial charge in [-0.3, -0.25) is 4.79 Å². The molecule has 1 aromatic heterocycles. The lowest BCUT2D eigenvalue weighted by molar-refractivity contribution is -0.127. The number of hydrogen-bond acceptors (Lipinski definition) is 5. The van der Waals surface area contributed by atoms with Crippen molar-refractivity contribution in [2.45, 2.75) is 18.6 Å². The maximum absolute atomic E-state index is 12.5. The number of amides is 1. The van der Waals surface area contributed by atoms with Gasteiger partial charge in [-0.15, -0.1) is 10.2 Å². The lowest BCUT2D eigenvalue weighted by atomic mass is 10.1. The number of aromatic nitrogens is 3. The van der Waals surface area contributed by atoms with Crippen molar-refractivity contribution >= 4 is 40.9 Å². The van der Waals surface area contributed by atoms with Crippen LogP contribution < -0.4 is 5.84 Å². The Hall–Kier alpha value is -2.22. The zero-order chi connectivity index (χ0) is 20.3. The number of hydrogen-bond donors (Lipinski definition) is 1. The van der Waals surface area contributed by atoms with E-state index in [-0.39, 0.29) is 11.7 Å². The smallest absolute Gasteiger partial charge is 0.233 e. The molecule has 1 amide bonds. The molecular formula is C19H19Cl2N5OS. The molecule has 0 aliphatic carbocycles. The van der Waals surface area contributed by atoms with Crippen LogP contribution in [-0.2, 0) is 11.3 Å². The van der Waals surface area contributed by atoms with E-state index in [0.29, 0.717) is 33.1 Å². The lowest BCUT2D eigenvalue weighted by Gasteiger charge is -2.18. The van der Waals surface area contributed by atoms with E-state index in [9.17, 15) is 4.79 Å². The Kier molecular flexibility index (Phi) is 6.49. The van der Waals surface area contributed by atoms with Crippen molar-refractivity contribution in [3.05, 3.63) is 63.6 Å². The van der Waals surface area contributed by atoms with Crippen LogP contribution in [0.15, 0.2) is 47.6 Å². The maximum Gasteiger partial charge on any atom is 0.233 e. The molecule has 1 heterocycles. The summed E-state index contributed by atoms with van der Waals surface area (Å²) >= 11 is 13.4. The van der Waals surface area contributed by atoms with E-state index in [0.717, 1.165) is 11.1 Å². The second kappa shape index (κ2) is 8.86. The highest BCUT2D eigenvalue weighted by atomic mass is 35.5. The normalized spacial score (nSPS) is 10.9. The van der Waals surface area contributed by atoms with E-state index in [2.05, 4.69) is 10.2 Å². The van der Waals surface area contributed by atoms with Crippen LogP contribution in [0.1, 0.15) is 11.1 Å². The number of nitrogen functional groups attached to an aromatic ring is 1. The zero-order valence-corrected chi connectivity index (χ0v) is 17.7. The first-order chi connectivity index (χ1) is 13.4. The second-order valence-corrected chi connectivity index (χ2v) is 8.05. The number of halogens is 2. The number of carbonyl (C=O) groups excluding carboxylic acids is 1. The van der Waals surface area contributed by atoms with Gasteiger partial charge in [0.15, 0.2) is 5.82 Å². The lowest BCUT2D eigenvalue weighted by Crippen LogP contribution is -2.28. The quantitative estimate of drug-likeness (QED) is 0.467. The van der Waals surface area contributed by atoms with Crippen LogP contribution >= 0.6 is 35.0 Å². The van der Waals surface area contributed by atoms with Crippen molar-refractivity contribution in [2.24, 2.45) is 0 Å².